The van der Waals surface area contributed by atoms with Crippen molar-refractivity contribution in [2.75, 3.05) is 35.2 Å². The largest absolute Gasteiger partial charge is 0.383 e. The number of anilines is 4. The number of thiazole rings is 2. The number of pyridine rings is 2. The van der Waals surface area contributed by atoms with Gasteiger partial charge < -0.3 is 31.9 Å². The summed E-state index contributed by atoms with van der Waals surface area (Å²) in [5.41, 5.74) is 21.5. The second-order valence-electron chi connectivity index (χ2n) is 19.1. The third kappa shape index (κ3) is 11.2. The number of piperidine rings is 2. The highest BCUT2D eigenvalue weighted by Crippen LogP contribution is 2.42. The fourth-order valence-corrected chi connectivity index (χ4v) is 10.8. The zero-order chi connectivity index (χ0) is 47.4. The molecule has 6 aromatic rings. The van der Waals surface area contributed by atoms with Crippen molar-refractivity contribution in [2.24, 2.45) is 35.5 Å². The summed E-state index contributed by atoms with van der Waals surface area (Å²) in [6, 6.07) is 15.5. The molecule has 6 heterocycles. The standard InChI is InChI=1S/2C25H31N5O2S/c2*1-14(2)7-18-10-21(17-5-6-22-20(9-17)28-13-33-22)30(12-16(18)4)25(32)24(31)29-19-8-15(3)23(26)27-11-19/h2*5-6,8-9,11,13-14,16,18,21H,7,10,12H2,1-4H3,(H2,26,27)(H,29,31)/t16-,18+,21-;16-,18-,21-/m00/s1. The summed E-state index contributed by atoms with van der Waals surface area (Å²) in [5, 5.41) is 5.41. The van der Waals surface area contributed by atoms with Crippen LogP contribution in [-0.4, -0.2) is 66.5 Å². The molecule has 4 amide bonds. The fourth-order valence-electron chi connectivity index (χ4n) is 9.52. The van der Waals surface area contributed by atoms with Gasteiger partial charge in [0.2, 0.25) is 0 Å². The van der Waals surface area contributed by atoms with Crippen LogP contribution in [0, 0.1) is 49.4 Å². The smallest absolute Gasteiger partial charge is 0.313 e. The number of carbonyl (C=O) groups is 4. The Morgan fingerprint density at radius 2 is 1.03 bits per heavy atom. The number of nitrogens with zero attached hydrogens (tertiary/aromatic N) is 6. The van der Waals surface area contributed by atoms with Gasteiger partial charge in [-0.2, -0.15) is 0 Å². The SMILES string of the molecule is Cc1cc(NC(=O)C(=O)N2C[C@H](C)[C@@H](CC(C)C)C[C@H]2c2ccc3scnc3c2)cnc1N.Cc1cc(NC(=O)C(=O)N2C[C@H](C)[C@H](CC(C)C)C[C@H]2c2ccc3scnc3c2)cnc1N. The van der Waals surface area contributed by atoms with E-state index in [0.29, 0.717) is 71.6 Å². The van der Waals surface area contributed by atoms with Crippen LogP contribution in [-0.2, 0) is 19.2 Å². The number of likely N-dealkylation sites (tertiary alicyclic amines) is 2. The summed E-state index contributed by atoms with van der Waals surface area (Å²) < 4.78 is 2.23. The number of benzene rings is 2. The molecule has 2 aliphatic rings. The zero-order valence-corrected chi connectivity index (χ0v) is 40.7. The van der Waals surface area contributed by atoms with Crippen LogP contribution in [0.2, 0.25) is 0 Å². The van der Waals surface area contributed by atoms with E-state index in [0.717, 1.165) is 68.4 Å². The minimum atomic E-state index is -0.657. The second-order valence-corrected chi connectivity index (χ2v) is 20.8. The summed E-state index contributed by atoms with van der Waals surface area (Å²) in [6.45, 7) is 18.0. The summed E-state index contributed by atoms with van der Waals surface area (Å²) in [4.78, 5) is 73.2. The lowest BCUT2D eigenvalue weighted by Crippen LogP contribution is -2.49. The van der Waals surface area contributed by atoms with Gasteiger partial charge in [0.05, 0.1) is 67.3 Å². The maximum Gasteiger partial charge on any atom is 0.313 e. The first-order valence-corrected chi connectivity index (χ1v) is 24.6. The molecule has 6 N–H and O–H groups in total. The lowest BCUT2D eigenvalue weighted by Gasteiger charge is -2.43. The number of aryl methyl sites for hydroxylation is 2. The van der Waals surface area contributed by atoms with Gasteiger partial charge in [-0.15, -0.1) is 22.7 Å². The number of rotatable bonds is 8. The number of nitrogens with two attached hydrogens (primary N) is 2. The summed E-state index contributed by atoms with van der Waals surface area (Å²) in [7, 11) is 0. The molecular formula is C50H62N10O4S2. The molecule has 2 fully saturated rings. The molecular weight excluding hydrogens is 869 g/mol. The molecule has 2 aromatic carbocycles. The Labute approximate surface area is 395 Å². The van der Waals surface area contributed by atoms with E-state index in [2.05, 4.69) is 109 Å². The van der Waals surface area contributed by atoms with Gasteiger partial charge in [-0.3, -0.25) is 19.2 Å². The molecule has 2 saturated heterocycles. The van der Waals surface area contributed by atoms with Crippen molar-refractivity contribution < 1.29 is 19.2 Å². The van der Waals surface area contributed by atoms with Crippen molar-refractivity contribution in [1.29, 1.82) is 0 Å². The highest BCUT2D eigenvalue weighted by atomic mass is 32.1. The average Bonchev–Trinajstić information content (AvgIpc) is 3.96. The normalized spacial score (nSPS) is 20.9. The molecule has 0 spiro atoms. The Hall–Kier alpha value is -6.00. The van der Waals surface area contributed by atoms with Crippen molar-refractivity contribution in [3.05, 3.63) is 94.2 Å². The molecule has 0 unspecified atom stereocenters. The molecule has 4 aromatic heterocycles. The van der Waals surface area contributed by atoms with Crippen molar-refractivity contribution in [3.63, 3.8) is 0 Å². The summed E-state index contributed by atoms with van der Waals surface area (Å²) in [5.74, 6) is 1.17. The van der Waals surface area contributed by atoms with Gasteiger partial charge in [-0.05, 0) is 134 Å². The third-order valence-electron chi connectivity index (χ3n) is 13.1. The van der Waals surface area contributed by atoms with Crippen LogP contribution in [0.15, 0.2) is 71.9 Å². The van der Waals surface area contributed by atoms with Crippen molar-refractivity contribution in [3.8, 4) is 0 Å². The first kappa shape index (κ1) is 47.9. The number of nitrogen functional groups attached to an aromatic ring is 2. The Morgan fingerprint density at radius 3 is 1.39 bits per heavy atom. The van der Waals surface area contributed by atoms with E-state index < -0.39 is 23.6 Å². The highest BCUT2D eigenvalue weighted by Gasteiger charge is 2.41. The minimum absolute atomic E-state index is 0.166. The summed E-state index contributed by atoms with van der Waals surface area (Å²) in [6.07, 6.45) is 6.80. The number of aromatic nitrogens is 4. The van der Waals surface area contributed by atoms with E-state index in [4.69, 9.17) is 11.5 Å². The molecule has 0 radical (unpaired) electrons. The highest BCUT2D eigenvalue weighted by molar-refractivity contribution is 7.17. The molecule has 8 rings (SSSR count). The predicted octanol–water partition coefficient (Wildman–Crippen LogP) is 9.58. The molecule has 0 bridgehead atoms. The first-order valence-electron chi connectivity index (χ1n) is 22.8. The van der Waals surface area contributed by atoms with Gasteiger partial charge in [0.1, 0.15) is 11.6 Å². The van der Waals surface area contributed by atoms with Crippen LogP contribution in [0.3, 0.4) is 0 Å². The van der Waals surface area contributed by atoms with Gasteiger partial charge in [-0.1, -0.05) is 53.7 Å². The molecule has 66 heavy (non-hydrogen) atoms. The van der Waals surface area contributed by atoms with E-state index in [1.807, 2.05) is 24.9 Å². The second kappa shape index (κ2) is 20.7. The van der Waals surface area contributed by atoms with Gasteiger partial charge in [0.15, 0.2) is 0 Å². The monoisotopic (exact) mass is 930 g/mol. The van der Waals surface area contributed by atoms with Crippen molar-refractivity contribution in [2.45, 2.75) is 93.2 Å². The molecule has 0 aliphatic carbocycles. The molecule has 0 saturated carbocycles. The minimum Gasteiger partial charge on any atom is -0.383 e. The molecule has 2 aliphatic heterocycles. The van der Waals surface area contributed by atoms with E-state index in [1.165, 1.54) is 12.4 Å². The van der Waals surface area contributed by atoms with Crippen molar-refractivity contribution in [1.82, 2.24) is 29.7 Å². The molecule has 348 valence electrons. The van der Waals surface area contributed by atoms with E-state index >= 15 is 0 Å². The average molecular weight is 931 g/mol. The van der Waals surface area contributed by atoms with Crippen molar-refractivity contribution >= 4 is 89.7 Å². The van der Waals surface area contributed by atoms with Gasteiger partial charge in [0.25, 0.3) is 0 Å². The summed E-state index contributed by atoms with van der Waals surface area (Å²) >= 11 is 3.19. The van der Waals surface area contributed by atoms with Crippen LogP contribution >= 0.6 is 22.7 Å². The maximum atomic E-state index is 13.4. The topological polar surface area (TPSA) is 202 Å². The van der Waals surface area contributed by atoms with Crippen LogP contribution < -0.4 is 22.1 Å². The Kier molecular flexibility index (Phi) is 15.0. The molecule has 14 nitrogen and oxygen atoms in total. The maximum absolute atomic E-state index is 13.4. The number of hydrogen-bond donors (Lipinski definition) is 4. The predicted molar refractivity (Wildman–Crippen MR) is 266 cm³/mol. The van der Waals surface area contributed by atoms with Crippen LogP contribution in [0.1, 0.15) is 102 Å². The number of nitrogens with one attached hydrogen (secondary N) is 2. The lowest BCUT2D eigenvalue weighted by atomic mass is 9.76. The van der Waals surface area contributed by atoms with Gasteiger partial charge >= 0.3 is 23.6 Å². The number of carbonyl (C=O) groups excluding carboxylic acids is 4. The fraction of sp³-hybridized carbons (Fsp3) is 0.440. The van der Waals surface area contributed by atoms with E-state index in [9.17, 15) is 19.2 Å². The Bertz CT molecular complexity index is 2530. The zero-order valence-electron chi connectivity index (χ0n) is 39.1. The molecule has 16 heteroatoms. The van der Waals surface area contributed by atoms with Crippen LogP contribution in [0.5, 0.6) is 0 Å². The molecule has 6 atom stereocenters. The number of amides is 4. The number of hydrogen-bond acceptors (Lipinski definition) is 12. The lowest BCUT2D eigenvalue weighted by molar-refractivity contribution is -0.147. The van der Waals surface area contributed by atoms with E-state index in [1.54, 1.807) is 44.6 Å². The number of fused-ring (bicyclic) bond motifs is 2. The van der Waals surface area contributed by atoms with Gasteiger partial charge in [-0.25, -0.2) is 19.9 Å². The van der Waals surface area contributed by atoms with Crippen LogP contribution in [0.4, 0.5) is 23.0 Å². The first-order chi connectivity index (χ1) is 31.4. The Morgan fingerprint density at radius 1 is 0.636 bits per heavy atom. The third-order valence-corrected chi connectivity index (χ3v) is 14.7. The quantitative estimate of drug-likeness (QED) is 0.106. The van der Waals surface area contributed by atoms with Crippen LogP contribution in [0.25, 0.3) is 20.4 Å². The van der Waals surface area contributed by atoms with E-state index in [-0.39, 0.29) is 12.1 Å². The Balaban J connectivity index is 0.000000196. The van der Waals surface area contributed by atoms with Gasteiger partial charge in [0, 0.05) is 13.1 Å².